The molecule has 1 rings (SSSR count). The molecule has 0 heterocycles. The summed E-state index contributed by atoms with van der Waals surface area (Å²) in [5, 5.41) is 3.32. The van der Waals surface area contributed by atoms with Crippen molar-refractivity contribution in [2.45, 2.75) is 39.2 Å². The van der Waals surface area contributed by atoms with Gasteiger partial charge < -0.3 is 5.32 Å². The number of carbonyl (C=O) groups is 1. The van der Waals surface area contributed by atoms with Crippen LogP contribution in [0.3, 0.4) is 0 Å². The van der Waals surface area contributed by atoms with Gasteiger partial charge in [0.15, 0.2) is 5.78 Å². The van der Waals surface area contributed by atoms with E-state index in [1.807, 2.05) is 30.3 Å². The van der Waals surface area contributed by atoms with E-state index < -0.39 is 0 Å². The van der Waals surface area contributed by atoms with Gasteiger partial charge in [-0.15, -0.1) is 0 Å². The first-order chi connectivity index (χ1) is 7.79. The summed E-state index contributed by atoms with van der Waals surface area (Å²) >= 11 is 0. The molecule has 0 fully saturated rings. The first-order valence-corrected chi connectivity index (χ1v) is 6.12. The summed E-state index contributed by atoms with van der Waals surface area (Å²) in [4.78, 5) is 12.2. The van der Waals surface area contributed by atoms with Crippen LogP contribution in [0.25, 0.3) is 0 Å². The number of hydrogen-bond acceptors (Lipinski definition) is 2. The van der Waals surface area contributed by atoms with E-state index in [4.69, 9.17) is 0 Å². The number of rotatable bonds is 7. The third-order valence-electron chi connectivity index (χ3n) is 2.59. The Balaban J connectivity index is 2.67. The van der Waals surface area contributed by atoms with Crippen LogP contribution in [-0.4, -0.2) is 18.4 Å². The number of ketones is 1. The molecule has 2 heteroatoms. The van der Waals surface area contributed by atoms with Gasteiger partial charge >= 0.3 is 0 Å². The molecule has 1 atom stereocenters. The second kappa shape index (κ2) is 7.18. The standard InChI is InChI=1S/C14H21NO/c1-3-8-13(15-11-4-2)14(16)12-9-6-5-7-10-12/h5-7,9-10,13,15H,3-4,8,11H2,1-2H3. The van der Waals surface area contributed by atoms with Gasteiger partial charge in [-0.05, 0) is 19.4 Å². The Hall–Kier alpha value is -1.15. The lowest BCUT2D eigenvalue weighted by Crippen LogP contribution is -2.37. The van der Waals surface area contributed by atoms with Crippen LogP contribution in [0.2, 0.25) is 0 Å². The molecule has 0 radical (unpaired) electrons. The number of nitrogens with one attached hydrogen (secondary N) is 1. The Bertz CT molecular complexity index is 308. The highest BCUT2D eigenvalue weighted by atomic mass is 16.1. The fourth-order valence-electron chi connectivity index (χ4n) is 1.74. The second-order valence-corrected chi connectivity index (χ2v) is 4.03. The summed E-state index contributed by atoms with van der Waals surface area (Å²) < 4.78 is 0. The summed E-state index contributed by atoms with van der Waals surface area (Å²) in [5.41, 5.74) is 0.810. The molecule has 1 N–H and O–H groups in total. The predicted octanol–water partition coefficient (Wildman–Crippen LogP) is 3.04. The lowest BCUT2D eigenvalue weighted by molar-refractivity contribution is 0.0937. The second-order valence-electron chi connectivity index (χ2n) is 4.03. The van der Waals surface area contributed by atoms with Crippen LogP contribution in [0, 0.1) is 0 Å². The van der Waals surface area contributed by atoms with Crippen LogP contribution in [-0.2, 0) is 0 Å². The number of carbonyl (C=O) groups excluding carboxylic acids is 1. The zero-order valence-electron chi connectivity index (χ0n) is 10.2. The topological polar surface area (TPSA) is 29.1 Å². The molecule has 0 amide bonds. The van der Waals surface area contributed by atoms with Crippen molar-refractivity contribution < 1.29 is 4.79 Å². The monoisotopic (exact) mass is 219 g/mol. The molecule has 0 spiro atoms. The van der Waals surface area contributed by atoms with Crippen molar-refractivity contribution in [3.05, 3.63) is 35.9 Å². The molecule has 0 saturated heterocycles. The van der Waals surface area contributed by atoms with Crippen molar-refractivity contribution in [2.24, 2.45) is 0 Å². The van der Waals surface area contributed by atoms with E-state index in [-0.39, 0.29) is 11.8 Å². The van der Waals surface area contributed by atoms with Crippen LogP contribution in [0.4, 0.5) is 0 Å². The van der Waals surface area contributed by atoms with E-state index in [1.54, 1.807) is 0 Å². The quantitative estimate of drug-likeness (QED) is 0.714. The highest BCUT2D eigenvalue weighted by Gasteiger charge is 2.17. The lowest BCUT2D eigenvalue weighted by atomic mass is 10.0. The highest BCUT2D eigenvalue weighted by molar-refractivity contribution is 6.00. The van der Waals surface area contributed by atoms with Crippen molar-refractivity contribution >= 4 is 5.78 Å². The molecule has 1 unspecified atom stereocenters. The SMILES string of the molecule is CCCNC(CCC)C(=O)c1ccccc1. The summed E-state index contributed by atoms with van der Waals surface area (Å²) in [5.74, 6) is 0.218. The molecular formula is C14H21NO. The molecule has 0 aromatic heterocycles. The van der Waals surface area contributed by atoms with Crippen LogP contribution in [0.15, 0.2) is 30.3 Å². The molecule has 0 aliphatic heterocycles. The van der Waals surface area contributed by atoms with Gasteiger partial charge in [-0.3, -0.25) is 4.79 Å². The Morgan fingerprint density at radius 2 is 1.88 bits per heavy atom. The average molecular weight is 219 g/mol. The van der Waals surface area contributed by atoms with Gasteiger partial charge in [-0.25, -0.2) is 0 Å². The maximum atomic E-state index is 12.2. The molecule has 0 bridgehead atoms. The van der Waals surface area contributed by atoms with Crippen molar-refractivity contribution in [1.82, 2.24) is 5.32 Å². The largest absolute Gasteiger partial charge is 0.307 e. The lowest BCUT2D eigenvalue weighted by Gasteiger charge is -2.16. The zero-order chi connectivity index (χ0) is 11.8. The molecule has 16 heavy (non-hydrogen) atoms. The first-order valence-electron chi connectivity index (χ1n) is 6.12. The summed E-state index contributed by atoms with van der Waals surface area (Å²) in [6.07, 6.45) is 3.00. The van der Waals surface area contributed by atoms with Gasteiger partial charge in [-0.2, -0.15) is 0 Å². The summed E-state index contributed by atoms with van der Waals surface area (Å²) in [6.45, 7) is 5.13. The van der Waals surface area contributed by atoms with Crippen LogP contribution in [0.1, 0.15) is 43.5 Å². The Labute approximate surface area is 98.1 Å². The molecule has 0 saturated carbocycles. The maximum Gasteiger partial charge on any atom is 0.179 e. The van der Waals surface area contributed by atoms with Gasteiger partial charge in [0.1, 0.15) is 0 Å². The van der Waals surface area contributed by atoms with Gasteiger partial charge in [0.05, 0.1) is 6.04 Å². The van der Waals surface area contributed by atoms with E-state index >= 15 is 0 Å². The van der Waals surface area contributed by atoms with Crippen molar-refractivity contribution in [1.29, 1.82) is 0 Å². The minimum atomic E-state index is -0.0210. The molecular weight excluding hydrogens is 198 g/mol. The average Bonchev–Trinajstić information content (AvgIpc) is 2.35. The minimum Gasteiger partial charge on any atom is -0.307 e. The fourth-order valence-corrected chi connectivity index (χ4v) is 1.74. The van der Waals surface area contributed by atoms with Gasteiger partial charge in [0.25, 0.3) is 0 Å². The Morgan fingerprint density at radius 3 is 2.44 bits per heavy atom. The predicted molar refractivity (Wildman–Crippen MR) is 67.8 cm³/mol. The Kier molecular flexibility index (Phi) is 5.79. The van der Waals surface area contributed by atoms with Crippen LogP contribution >= 0.6 is 0 Å². The van der Waals surface area contributed by atoms with Gasteiger partial charge in [-0.1, -0.05) is 50.6 Å². The van der Waals surface area contributed by atoms with E-state index in [9.17, 15) is 4.79 Å². The summed E-state index contributed by atoms with van der Waals surface area (Å²) in [6, 6.07) is 9.52. The fraction of sp³-hybridized carbons (Fsp3) is 0.500. The molecule has 0 aliphatic rings. The Morgan fingerprint density at radius 1 is 1.19 bits per heavy atom. The van der Waals surface area contributed by atoms with E-state index in [0.29, 0.717) is 0 Å². The molecule has 2 nitrogen and oxygen atoms in total. The molecule has 88 valence electrons. The smallest absolute Gasteiger partial charge is 0.179 e. The normalized spacial score (nSPS) is 12.4. The van der Waals surface area contributed by atoms with E-state index in [1.165, 1.54) is 0 Å². The maximum absolute atomic E-state index is 12.2. The molecule has 1 aromatic rings. The molecule has 1 aromatic carbocycles. The van der Waals surface area contributed by atoms with Crippen LogP contribution in [0.5, 0.6) is 0 Å². The first kappa shape index (κ1) is 12.9. The summed E-state index contributed by atoms with van der Waals surface area (Å²) in [7, 11) is 0. The number of Topliss-reactive ketones (excluding diaryl/α,β-unsaturated/α-hetero) is 1. The minimum absolute atomic E-state index is 0.0210. The van der Waals surface area contributed by atoms with Crippen molar-refractivity contribution in [2.75, 3.05) is 6.54 Å². The van der Waals surface area contributed by atoms with E-state index in [2.05, 4.69) is 19.2 Å². The van der Waals surface area contributed by atoms with E-state index in [0.717, 1.165) is 31.4 Å². The van der Waals surface area contributed by atoms with Crippen molar-refractivity contribution in [3.8, 4) is 0 Å². The van der Waals surface area contributed by atoms with Crippen molar-refractivity contribution in [3.63, 3.8) is 0 Å². The van der Waals surface area contributed by atoms with Gasteiger partial charge in [0.2, 0.25) is 0 Å². The third kappa shape index (κ3) is 3.78. The zero-order valence-corrected chi connectivity index (χ0v) is 10.2. The highest BCUT2D eigenvalue weighted by Crippen LogP contribution is 2.07. The van der Waals surface area contributed by atoms with Crippen LogP contribution < -0.4 is 5.32 Å². The number of hydrogen-bond donors (Lipinski definition) is 1. The van der Waals surface area contributed by atoms with Gasteiger partial charge in [0, 0.05) is 5.56 Å². The molecule has 0 aliphatic carbocycles. The third-order valence-corrected chi connectivity index (χ3v) is 2.59. The number of benzene rings is 1.